The lowest BCUT2D eigenvalue weighted by Crippen LogP contribution is -2.30. The predicted molar refractivity (Wildman–Crippen MR) is 81.9 cm³/mol. The van der Waals surface area contributed by atoms with Crippen LogP contribution >= 0.6 is 11.8 Å². The van der Waals surface area contributed by atoms with E-state index in [9.17, 15) is 13.2 Å². The van der Waals surface area contributed by atoms with E-state index in [-0.39, 0.29) is 5.75 Å². The second-order valence-corrected chi connectivity index (χ2v) is 6.62. The molecule has 0 fully saturated rings. The number of rotatable bonds is 6. The molecule has 6 nitrogen and oxygen atoms in total. The van der Waals surface area contributed by atoms with Crippen LogP contribution in [0.3, 0.4) is 0 Å². The largest absolute Gasteiger partial charge is 0.480 e. The van der Waals surface area contributed by atoms with Crippen molar-refractivity contribution in [3.63, 3.8) is 0 Å². The first-order valence-electron chi connectivity index (χ1n) is 5.78. The number of sulfonamides is 1. The van der Waals surface area contributed by atoms with E-state index in [1.54, 1.807) is 36.0 Å². The highest BCUT2D eigenvalue weighted by molar-refractivity contribution is 7.98. The molecule has 1 aromatic rings. The molecule has 0 saturated carbocycles. The number of hydrogen-bond acceptors (Lipinski definition) is 5. The molecular formula is C12H20N2O4S2. The summed E-state index contributed by atoms with van der Waals surface area (Å²) in [6, 6.07) is 8.15. The number of benzene rings is 1. The van der Waals surface area contributed by atoms with E-state index in [2.05, 4.69) is 0 Å². The summed E-state index contributed by atoms with van der Waals surface area (Å²) in [5.41, 5.74) is 5.91. The number of carbonyl (C=O) groups is 1. The van der Waals surface area contributed by atoms with Gasteiger partial charge in [-0.2, -0.15) is 11.8 Å². The van der Waals surface area contributed by atoms with Gasteiger partial charge in [0.05, 0.1) is 5.75 Å². The molecule has 0 saturated heterocycles. The minimum atomic E-state index is -3.38. The molecule has 1 rings (SSSR count). The van der Waals surface area contributed by atoms with Crippen molar-refractivity contribution < 1.29 is 18.3 Å². The Morgan fingerprint density at radius 2 is 1.90 bits per heavy atom. The molecular weight excluding hydrogens is 300 g/mol. The van der Waals surface area contributed by atoms with Crippen molar-refractivity contribution in [3.8, 4) is 0 Å². The number of thioether (sulfide) groups is 1. The Bertz CT molecular complexity index is 491. The van der Waals surface area contributed by atoms with Crippen LogP contribution < -0.4 is 10.9 Å². The molecule has 0 aromatic heterocycles. The Hall–Kier alpha value is -1.09. The molecule has 0 bridgehead atoms. The first-order valence-corrected chi connectivity index (χ1v) is 8.89. The molecule has 0 amide bonds. The summed E-state index contributed by atoms with van der Waals surface area (Å²) >= 11 is 1.60. The van der Waals surface area contributed by atoms with E-state index >= 15 is 0 Å². The maximum atomic E-state index is 10.6. The van der Waals surface area contributed by atoms with Crippen LogP contribution in [-0.4, -0.2) is 37.5 Å². The zero-order valence-corrected chi connectivity index (χ0v) is 12.9. The lowest BCUT2D eigenvalue weighted by molar-refractivity contribution is -0.138. The van der Waals surface area contributed by atoms with Gasteiger partial charge in [-0.3, -0.25) is 4.79 Å². The van der Waals surface area contributed by atoms with Gasteiger partial charge in [-0.25, -0.2) is 13.6 Å². The van der Waals surface area contributed by atoms with Crippen molar-refractivity contribution in [1.29, 1.82) is 0 Å². The van der Waals surface area contributed by atoms with Crippen LogP contribution in [0.4, 0.5) is 0 Å². The molecule has 0 aliphatic carbocycles. The Kier molecular flexibility index (Phi) is 9.23. The maximum Gasteiger partial charge on any atom is 0.320 e. The molecule has 1 aromatic carbocycles. The number of nitrogens with two attached hydrogens (primary N) is 2. The van der Waals surface area contributed by atoms with Crippen molar-refractivity contribution in [2.24, 2.45) is 10.9 Å². The molecule has 0 heterocycles. The summed E-state index contributed by atoms with van der Waals surface area (Å²) < 4.78 is 21.2. The minimum Gasteiger partial charge on any atom is -0.480 e. The Labute approximate surface area is 123 Å². The fraction of sp³-hybridized carbons (Fsp3) is 0.417. The van der Waals surface area contributed by atoms with Gasteiger partial charge in [0.1, 0.15) is 6.04 Å². The third-order valence-corrected chi connectivity index (χ3v) is 3.54. The molecule has 0 spiro atoms. The molecule has 8 heteroatoms. The summed E-state index contributed by atoms with van der Waals surface area (Å²) in [4.78, 5) is 10.1. The monoisotopic (exact) mass is 320 g/mol. The Morgan fingerprint density at radius 3 is 2.30 bits per heavy atom. The quantitative estimate of drug-likeness (QED) is 0.706. The first-order chi connectivity index (χ1) is 9.26. The van der Waals surface area contributed by atoms with E-state index in [0.717, 1.165) is 11.3 Å². The number of aliphatic carboxylic acids is 1. The smallest absolute Gasteiger partial charge is 0.320 e. The Balaban J connectivity index is 0.000000370. The van der Waals surface area contributed by atoms with Gasteiger partial charge in [0.25, 0.3) is 0 Å². The number of hydrogen-bond donors (Lipinski definition) is 3. The van der Waals surface area contributed by atoms with Gasteiger partial charge in [-0.15, -0.1) is 0 Å². The highest BCUT2D eigenvalue weighted by atomic mass is 32.2. The molecule has 114 valence electrons. The maximum absolute atomic E-state index is 10.6. The van der Waals surface area contributed by atoms with Crippen molar-refractivity contribution in [2.75, 3.05) is 12.0 Å². The van der Waals surface area contributed by atoms with Gasteiger partial charge in [-0.05, 0) is 24.0 Å². The van der Waals surface area contributed by atoms with Crippen LogP contribution in [0, 0.1) is 0 Å². The molecule has 0 unspecified atom stereocenters. The second-order valence-electron chi connectivity index (χ2n) is 4.02. The number of carboxylic acid groups (broad SMARTS) is 1. The average molecular weight is 320 g/mol. The second kappa shape index (κ2) is 9.76. The molecule has 0 radical (unpaired) electrons. The van der Waals surface area contributed by atoms with E-state index in [1.807, 2.05) is 12.3 Å². The zero-order chi connectivity index (χ0) is 15.6. The predicted octanol–water partition coefficient (Wildman–Crippen LogP) is 0.627. The van der Waals surface area contributed by atoms with Gasteiger partial charge in [-0.1, -0.05) is 30.3 Å². The van der Waals surface area contributed by atoms with Gasteiger partial charge in [0.15, 0.2) is 0 Å². The summed E-state index contributed by atoms with van der Waals surface area (Å²) in [5, 5.41) is 13.1. The third kappa shape index (κ3) is 10.8. The topological polar surface area (TPSA) is 123 Å². The van der Waals surface area contributed by atoms with E-state index in [1.165, 1.54) is 0 Å². The fourth-order valence-corrected chi connectivity index (χ4v) is 2.32. The van der Waals surface area contributed by atoms with E-state index in [4.69, 9.17) is 16.0 Å². The highest BCUT2D eigenvalue weighted by Crippen LogP contribution is 2.01. The van der Waals surface area contributed by atoms with Gasteiger partial charge >= 0.3 is 5.97 Å². The third-order valence-electron chi connectivity index (χ3n) is 2.16. The molecule has 5 N–H and O–H groups in total. The van der Waals surface area contributed by atoms with Gasteiger partial charge < -0.3 is 10.8 Å². The average Bonchev–Trinajstić information content (AvgIpc) is 2.35. The fourth-order valence-electron chi connectivity index (χ4n) is 1.17. The van der Waals surface area contributed by atoms with E-state index in [0.29, 0.717) is 6.42 Å². The van der Waals surface area contributed by atoms with Crippen LogP contribution in [-0.2, 0) is 20.6 Å². The molecule has 0 aliphatic heterocycles. The van der Waals surface area contributed by atoms with Crippen LogP contribution in [0.25, 0.3) is 0 Å². The Morgan fingerprint density at radius 1 is 1.35 bits per heavy atom. The highest BCUT2D eigenvalue weighted by Gasteiger charge is 2.09. The van der Waals surface area contributed by atoms with Gasteiger partial charge in [0.2, 0.25) is 10.0 Å². The lowest BCUT2D eigenvalue weighted by atomic mass is 10.2. The van der Waals surface area contributed by atoms with Crippen LogP contribution in [0.15, 0.2) is 30.3 Å². The SMILES string of the molecule is CSCC[C@H](N)C(=O)O.NS(=O)(=O)Cc1ccccc1. The molecule has 1 atom stereocenters. The summed E-state index contributed by atoms with van der Waals surface area (Å²) in [6.07, 6.45) is 2.48. The minimum absolute atomic E-state index is 0.0894. The molecule has 20 heavy (non-hydrogen) atoms. The normalized spacial score (nSPS) is 12.2. The summed E-state index contributed by atoms with van der Waals surface area (Å²) in [7, 11) is -3.38. The zero-order valence-electron chi connectivity index (χ0n) is 11.2. The number of carboxylic acids is 1. The van der Waals surface area contributed by atoms with Crippen LogP contribution in [0.2, 0.25) is 0 Å². The van der Waals surface area contributed by atoms with E-state index < -0.39 is 22.0 Å². The van der Waals surface area contributed by atoms with Crippen molar-refractivity contribution in [3.05, 3.63) is 35.9 Å². The van der Waals surface area contributed by atoms with Gasteiger partial charge in [0, 0.05) is 0 Å². The van der Waals surface area contributed by atoms with Crippen molar-refractivity contribution in [2.45, 2.75) is 18.2 Å². The van der Waals surface area contributed by atoms with Crippen molar-refractivity contribution in [1.82, 2.24) is 0 Å². The number of primary sulfonamides is 1. The summed E-state index contributed by atoms with van der Waals surface area (Å²) in [5.74, 6) is -0.189. The van der Waals surface area contributed by atoms with Crippen LogP contribution in [0.1, 0.15) is 12.0 Å². The first kappa shape index (κ1) is 18.9. The van der Waals surface area contributed by atoms with Crippen LogP contribution in [0.5, 0.6) is 0 Å². The summed E-state index contributed by atoms with van der Waals surface area (Å²) in [6.45, 7) is 0. The standard InChI is InChI=1S/C7H9NO2S.C5H11NO2S/c8-11(9,10)6-7-4-2-1-3-5-7;1-9-3-2-4(6)5(7)8/h1-5H,6H2,(H2,8,9,10);4H,2-3,6H2,1H3,(H,7,8)/t;4-/m.0/s1. The van der Waals surface area contributed by atoms with Crippen molar-refractivity contribution >= 4 is 27.8 Å². The lowest BCUT2D eigenvalue weighted by Gasteiger charge is -2.02. The molecule has 0 aliphatic rings.